The summed E-state index contributed by atoms with van der Waals surface area (Å²) < 4.78 is 0. The summed E-state index contributed by atoms with van der Waals surface area (Å²) in [6.45, 7) is 0. The summed E-state index contributed by atoms with van der Waals surface area (Å²) in [5.41, 5.74) is 6.99. The molecule has 0 amide bonds. The molecule has 0 heterocycles. The van der Waals surface area contributed by atoms with Crippen LogP contribution in [-0.2, 0) is 0 Å². The fourth-order valence-electron chi connectivity index (χ4n) is 3.73. The number of allylic oxidation sites excluding steroid dienone is 1. The minimum atomic E-state index is -0.313. The summed E-state index contributed by atoms with van der Waals surface area (Å²) in [6.07, 6.45) is 8.89. The van der Waals surface area contributed by atoms with Crippen LogP contribution >= 0.6 is 0 Å². The molecule has 0 aromatic carbocycles. The molecule has 0 radical (unpaired) electrons. The summed E-state index contributed by atoms with van der Waals surface area (Å²) in [5.74, 6) is 1.59. The SMILES string of the molecule is N[C@]12/C(=N/O)CCC[C@H]1[C@H]1C=C[C@@H]2C1. The van der Waals surface area contributed by atoms with Gasteiger partial charge in [-0.15, -0.1) is 0 Å². The maximum Gasteiger partial charge on any atom is 0.0778 e. The van der Waals surface area contributed by atoms with Gasteiger partial charge in [0.2, 0.25) is 0 Å². The zero-order valence-electron chi connectivity index (χ0n) is 8.19. The largest absolute Gasteiger partial charge is 0.411 e. The van der Waals surface area contributed by atoms with E-state index >= 15 is 0 Å². The first-order valence-corrected chi connectivity index (χ1v) is 5.45. The van der Waals surface area contributed by atoms with Crippen molar-refractivity contribution in [1.29, 1.82) is 0 Å². The third-order valence-corrected chi connectivity index (χ3v) is 4.41. The highest BCUT2D eigenvalue weighted by Crippen LogP contribution is 2.54. The second-order valence-electron chi connectivity index (χ2n) is 4.87. The monoisotopic (exact) mass is 192 g/mol. The quantitative estimate of drug-likeness (QED) is 0.347. The molecule has 2 bridgehead atoms. The molecule has 0 spiro atoms. The van der Waals surface area contributed by atoms with Crippen LogP contribution in [0.25, 0.3) is 0 Å². The van der Waals surface area contributed by atoms with Crippen molar-refractivity contribution in [2.24, 2.45) is 28.6 Å². The first-order valence-electron chi connectivity index (χ1n) is 5.45. The second kappa shape index (κ2) is 2.60. The highest BCUT2D eigenvalue weighted by atomic mass is 16.4. The van der Waals surface area contributed by atoms with Gasteiger partial charge in [0, 0.05) is 5.92 Å². The third-order valence-electron chi connectivity index (χ3n) is 4.41. The van der Waals surface area contributed by atoms with E-state index in [1.165, 1.54) is 12.8 Å². The lowest BCUT2D eigenvalue weighted by atomic mass is 9.66. The van der Waals surface area contributed by atoms with E-state index in [1.54, 1.807) is 0 Å². The van der Waals surface area contributed by atoms with Crippen molar-refractivity contribution in [3.8, 4) is 0 Å². The molecule has 3 nitrogen and oxygen atoms in total. The van der Waals surface area contributed by atoms with Crippen LogP contribution in [-0.4, -0.2) is 16.5 Å². The van der Waals surface area contributed by atoms with Crippen LogP contribution in [0.4, 0.5) is 0 Å². The Kier molecular flexibility index (Phi) is 1.57. The minimum Gasteiger partial charge on any atom is -0.411 e. The summed E-state index contributed by atoms with van der Waals surface area (Å²) >= 11 is 0. The Morgan fingerprint density at radius 1 is 1.50 bits per heavy atom. The summed E-state index contributed by atoms with van der Waals surface area (Å²) in [6, 6.07) is 0. The Labute approximate surface area is 83.7 Å². The van der Waals surface area contributed by atoms with Gasteiger partial charge in [0.05, 0.1) is 11.3 Å². The molecule has 3 N–H and O–H groups in total. The van der Waals surface area contributed by atoms with Gasteiger partial charge < -0.3 is 10.9 Å². The standard InChI is InChI=1S/C11H16N2O/c12-11-8-5-4-7(6-8)9(11)2-1-3-10(11)13-14/h4-5,7-9,14H,1-3,6,12H2/b13-10+/t7-,8+,9-,11-/m0/s1. The van der Waals surface area contributed by atoms with Crippen molar-refractivity contribution in [3.05, 3.63) is 12.2 Å². The molecule has 3 rings (SSSR count). The normalized spacial score (nSPS) is 52.6. The van der Waals surface area contributed by atoms with Gasteiger partial charge in [-0.2, -0.15) is 0 Å². The molecule has 0 aliphatic heterocycles. The van der Waals surface area contributed by atoms with Crippen LogP contribution in [0.1, 0.15) is 25.7 Å². The fourth-order valence-corrected chi connectivity index (χ4v) is 3.73. The van der Waals surface area contributed by atoms with E-state index in [0.29, 0.717) is 17.8 Å². The van der Waals surface area contributed by atoms with Gasteiger partial charge in [-0.05, 0) is 37.5 Å². The molecular weight excluding hydrogens is 176 g/mol. The van der Waals surface area contributed by atoms with E-state index in [1.807, 2.05) is 0 Å². The van der Waals surface area contributed by atoms with Gasteiger partial charge in [0.1, 0.15) is 0 Å². The number of hydrogen-bond acceptors (Lipinski definition) is 3. The van der Waals surface area contributed by atoms with E-state index in [4.69, 9.17) is 10.9 Å². The molecule has 0 unspecified atom stereocenters. The Bertz CT molecular complexity index is 323. The van der Waals surface area contributed by atoms with E-state index in [0.717, 1.165) is 18.6 Å². The van der Waals surface area contributed by atoms with Gasteiger partial charge >= 0.3 is 0 Å². The molecule has 2 saturated carbocycles. The molecule has 0 aromatic rings. The highest BCUT2D eigenvalue weighted by Gasteiger charge is 2.57. The van der Waals surface area contributed by atoms with Crippen molar-refractivity contribution in [3.63, 3.8) is 0 Å². The average molecular weight is 192 g/mol. The molecule has 76 valence electrons. The predicted molar refractivity (Wildman–Crippen MR) is 54.2 cm³/mol. The molecule has 3 aliphatic rings. The van der Waals surface area contributed by atoms with Crippen LogP contribution in [0.5, 0.6) is 0 Å². The Morgan fingerprint density at radius 2 is 2.36 bits per heavy atom. The second-order valence-corrected chi connectivity index (χ2v) is 4.87. The zero-order valence-corrected chi connectivity index (χ0v) is 8.19. The van der Waals surface area contributed by atoms with Gasteiger partial charge in [-0.25, -0.2) is 0 Å². The molecule has 0 saturated heterocycles. The van der Waals surface area contributed by atoms with Gasteiger partial charge in [-0.3, -0.25) is 0 Å². The third kappa shape index (κ3) is 0.793. The summed E-state index contributed by atoms with van der Waals surface area (Å²) in [5, 5.41) is 12.5. The molecule has 14 heavy (non-hydrogen) atoms. The molecule has 2 fully saturated rings. The zero-order chi connectivity index (χ0) is 9.76. The van der Waals surface area contributed by atoms with Crippen molar-refractivity contribution < 1.29 is 5.21 Å². The van der Waals surface area contributed by atoms with Gasteiger partial charge in [0.25, 0.3) is 0 Å². The lowest BCUT2D eigenvalue weighted by Gasteiger charge is -2.42. The number of hydrogen-bond donors (Lipinski definition) is 2. The smallest absolute Gasteiger partial charge is 0.0778 e. The molecular formula is C11H16N2O. The Hall–Kier alpha value is -0.830. The average Bonchev–Trinajstić information content (AvgIpc) is 2.76. The number of oxime groups is 1. The van der Waals surface area contributed by atoms with Crippen LogP contribution in [0.3, 0.4) is 0 Å². The van der Waals surface area contributed by atoms with Crippen LogP contribution in [0, 0.1) is 17.8 Å². The van der Waals surface area contributed by atoms with E-state index in [2.05, 4.69) is 17.3 Å². The lowest BCUT2D eigenvalue weighted by molar-refractivity contribution is 0.256. The van der Waals surface area contributed by atoms with Crippen molar-refractivity contribution in [1.82, 2.24) is 0 Å². The summed E-state index contributed by atoms with van der Waals surface area (Å²) in [4.78, 5) is 0. The van der Waals surface area contributed by atoms with Crippen LogP contribution in [0.15, 0.2) is 17.3 Å². The molecule has 3 heteroatoms. The molecule has 4 atom stereocenters. The first kappa shape index (κ1) is 8.48. The van der Waals surface area contributed by atoms with Crippen LogP contribution in [0.2, 0.25) is 0 Å². The Morgan fingerprint density at radius 3 is 3.14 bits per heavy atom. The fraction of sp³-hybridized carbons (Fsp3) is 0.727. The van der Waals surface area contributed by atoms with Crippen molar-refractivity contribution >= 4 is 5.71 Å². The number of rotatable bonds is 0. The number of fused-ring (bicyclic) bond motifs is 5. The first-order chi connectivity index (χ1) is 6.76. The van der Waals surface area contributed by atoms with Crippen molar-refractivity contribution in [2.45, 2.75) is 31.2 Å². The molecule has 0 aromatic heterocycles. The van der Waals surface area contributed by atoms with Gasteiger partial charge in [-0.1, -0.05) is 17.3 Å². The highest BCUT2D eigenvalue weighted by molar-refractivity contribution is 5.95. The topological polar surface area (TPSA) is 58.6 Å². The lowest BCUT2D eigenvalue weighted by Crippen LogP contribution is -2.58. The van der Waals surface area contributed by atoms with Crippen LogP contribution < -0.4 is 5.73 Å². The van der Waals surface area contributed by atoms with Crippen molar-refractivity contribution in [2.75, 3.05) is 0 Å². The minimum absolute atomic E-state index is 0.313. The van der Waals surface area contributed by atoms with E-state index < -0.39 is 0 Å². The maximum absolute atomic E-state index is 9.02. The van der Waals surface area contributed by atoms with E-state index in [9.17, 15) is 0 Å². The number of nitrogens with zero attached hydrogens (tertiary/aromatic N) is 1. The van der Waals surface area contributed by atoms with E-state index in [-0.39, 0.29) is 5.54 Å². The van der Waals surface area contributed by atoms with Gasteiger partial charge in [0.15, 0.2) is 0 Å². The number of nitrogens with two attached hydrogens (primary N) is 1. The molecule has 3 aliphatic carbocycles. The Balaban J connectivity index is 2.07. The summed E-state index contributed by atoms with van der Waals surface area (Å²) in [7, 11) is 0. The maximum atomic E-state index is 9.02. The predicted octanol–water partition coefficient (Wildman–Crippen LogP) is 1.52.